The maximum Gasteiger partial charge on any atom is 0.331 e. The van der Waals surface area contributed by atoms with Crippen LogP contribution in [0.1, 0.15) is 44.1 Å². The summed E-state index contributed by atoms with van der Waals surface area (Å²) in [5.74, 6) is -0.198. The van der Waals surface area contributed by atoms with Crippen LogP contribution in [0.3, 0.4) is 0 Å². The monoisotopic (exact) mass is 411 g/mol. The lowest BCUT2D eigenvalue weighted by atomic mass is 10.0. The Labute approximate surface area is 171 Å². The number of hydrogen-bond acceptors (Lipinski definition) is 5. The number of likely N-dealkylation sites (tertiary alicyclic amines) is 1. The number of carbonyl (C=O) groups excluding carboxylic acids is 2. The van der Waals surface area contributed by atoms with Crippen LogP contribution >= 0.6 is 11.6 Å². The molecule has 1 aliphatic heterocycles. The molecule has 1 aromatic carbocycles. The highest BCUT2D eigenvalue weighted by Gasteiger charge is 2.30. The summed E-state index contributed by atoms with van der Waals surface area (Å²) in [6.07, 6.45) is 4.62. The van der Waals surface area contributed by atoms with Gasteiger partial charge in [-0.2, -0.15) is 0 Å². The van der Waals surface area contributed by atoms with E-state index >= 15 is 0 Å². The Kier molecular flexibility index (Phi) is 9.75. The number of methoxy groups -OCH3 is 1. The van der Waals surface area contributed by atoms with Crippen molar-refractivity contribution in [1.29, 1.82) is 0 Å². The molecular formula is C21H30ClNO5. The van der Waals surface area contributed by atoms with Crippen LogP contribution < -0.4 is 0 Å². The minimum absolute atomic E-state index is 0.0354. The van der Waals surface area contributed by atoms with E-state index in [1.807, 2.05) is 29.2 Å². The third-order valence-electron chi connectivity index (χ3n) is 5.03. The molecule has 1 N–H and O–H groups in total. The van der Waals surface area contributed by atoms with Crippen LogP contribution in [0.25, 0.3) is 0 Å². The molecule has 28 heavy (non-hydrogen) atoms. The number of ether oxygens (including phenoxy) is 2. The second kappa shape index (κ2) is 12.0. The van der Waals surface area contributed by atoms with Crippen molar-refractivity contribution in [2.24, 2.45) is 0 Å². The third kappa shape index (κ3) is 7.78. The SMILES string of the molecule is COC(=O)COCCCCN1C(=O)CC[C@@H]1CC[C@H](O)Cc1cccc(Cl)c1. The van der Waals surface area contributed by atoms with Crippen LogP contribution in [0.15, 0.2) is 24.3 Å². The lowest BCUT2D eigenvalue weighted by molar-refractivity contribution is -0.145. The molecule has 1 aliphatic rings. The minimum atomic E-state index is -0.442. The average molecular weight is 412 g/mol. The van der Waals surface area contributed by atoms with Crippen molar-refractivity contribution in [2.45, 2.75) is 57.1 Å². The molecule has 0 spiro atoms. The van der Waals surface area contributed by atoms with Crippen molar-refractivity contribution in [1.82, 2.24) is 4.90 Å². The molecule has 0 saturated carbocycles. The number of carbonyl (C=O) groups is 2. The zero-order valence-electron chi connectivity index (χ0n) is 16.4. The van der Waals surface area contributed by atoms with Crippen molar-refractivity contribution in [3.05, 3.63) is 34.9 Å². The number of halogens is 1. The van der Waals surface area contributed by atoms with Gasteiger partial charge < -0.3 is 19.5 Å². The Bertz CT molecular complexity index is 639. The molecule has 1 aromatic rings. The Hall–Kier alpha value is -1.63. The lowest BCUT2D eigenvalue weighted by Crippen LogP contribution is -2.34. The Morgan fingerprint density at radius 1 is 1.39 bits per heavy atom. The molecule has 156 valence electrons. The number of unbranched alkanes of at least 4 members (excludes halogenated alkanes) is 1. The molecule has 7 heteroatoms. The summed E-state index contributed by atoms with van der Waals surface area (Å²) in [4.78, 5) is 25.1. The number of amides is 1. The van der Waals surface area contributed by atoms with Crippen LogP contribution in [0, 0.1) is 0 Å². The number of nitrogens with zero attached hydrogens (tertiary/aromatic N) is 1. The fourth-order valence-electron chi connectivity index (χ4n) is 3.52. The van der Waals surface area contributed by atoms with Crippen molar-refractivity contribution in [2.75, 3.05) is 26.9 Å². The molecule has 0 radical (unpaired) electrons. The third-order valence-corrected chi connectivity index (χ3v) is 5.27. The first-order chi connectivity index (χ1) is 13.5. The van der Waals surface area contributed by atoms with Gasteiger partial charge in [0.2, 0.25) is 5.91 Å². The van der Waals surface area contributed by atoms with Crippen LogP contribution in [-0.2, 0) is 25.5 Å². The van der Waals surface area contributed by atoms with E-state index in [1.165, 1.54) is 7.11 Å². The first-order valence-electron chi connectivity index (χ1n) is 9.86. The second-order valence-electron chi connectivity index (χ2n) is 7.18. The summed E-state index contributed by atoms with van der Waals surface area (Å²) in [7, 11) is 1.33. The number of aliphatic hydroxyl groups is 1. The molecule has 1 heterocycles. The van der Waals surface area contributed by atoms with Gasteiger partial charge in [0.1, 0.15) is 6.61 Å². The fourth-order valence-corrected chi connectivity index (χ4v) is 3.74. The van der Waals surface area contributed by atoms with E-state index in [1.54, 1.807) is 0 Å². The van der Waals surface area contributed by atoms with Gasteiger partial charge in [-0.15, -0.1) is 0 Å². The molecule has 0 aromatic heterocycles. The van der Waals surface area contributed by atoms with Crippen LogP contribution in [0.4, 0.5) is 0 Å². The van der Waals surface area contributed by atoms with Gasteiger partial charge in [-0.1, -0.05) is 23.7 Å². The predicted octanol–water partition coefficient (Wildman–Crippen LogP) is 2.98. The van der Waals surface area contributed by atoms with E-state index < -0.39 is 6.10 Å². The minimum Gasteiger partial charge on any atom is -0.467 e. The van der Waals surface area contributed by atoms with Gasteiger partial charge in [0, 0.05) is 30.6 Å². The van der Waals surface area contributed by atoms with E-state index in [0.717, 1.165) is 31.2 Å². The van der Waals surface area contributed by atoms with Crippen molar-refractivity contribution >= 4 is 23.5 Å². The van der Waals surface area contributed by atoms with Gasteiger partial charge >= 0.3 is 5.97 Å². The zero-order valence-corrected chi connectivity index (χ0v) is 17.2. The highest BCUT2D eigenvalue weighted by Crippen LogP contribution is 2.24. The highest BCUT2D eigenvalue weighted by molar-refractivity contribution is 6.30. The first-order valence-corrected chi connectivity index (χ1v) is 10.2. The quantitative estimate of drug-likeness (QED) is 0.422. The number of benzene rings is 1. The number of rotatable bonds is 12. The van der Waals surface area contributed by atoms with Gasteiger partial charge in [-0.05, 0) is 56.2 Å². The highest BCUT2D eigenvalue weighted by atomic mass is 35.5. The molecule has 0 unspecified atom stereocenters. The van der Waals surface area contributed by atoms with E-state index in [-0.39, 0.29) is 24.5 Å². The van der Waals surface area contributed by atoms with Crippen molar-refractivity contribution in [3.8, 4) is 0 Å². The molecule has 0 aliphatic carbocycles. The molecule has 2 atom stereocenters. The number of hydrogen-bond donors (Lipinski definition) is 1. The van der Waals surface area contributed by atoms with E-state index in [0.29, 0.717) is 37.4 Å². The largest absolute Gasteiger partial charge is 0.467 e. The second-order valence-corrected chi connectivity index (χ2v) is 7.62. The van der Waals surface area contributed by atoms with Gasteiger partial charge in [0.15, 0.2) is 0 Å². The summed E-state index contributed by atoms with van der Waals surface area (Å²) < 4.78 is 9.74. The van der Waals surface area contributed by atoms with Gasteiger partial charge in [0.25, 0.3) is 0 Å². The molecule has 0 bridgehead atoms. The summed E-state index contributed by atoms with van der Waals surface area (Å²) in [5.41, 5.74) is 1.02. The van der Waals surface area contributed by atoms with Crippen molar-refractivity contribution in [3.63, 3.8) is 0 Å². The molecule has 1 saturated heterocycles. The summed E-state index contributed by atoms with van der Waals surface area (Å²) in [6.45, 7) is 1.13. The molecule has 6 nitrogen and oxygen atoms in total. The zero-order chi connectivity index (χ0) is 20.4. The normalized spacial score (nSPS) is 17.8. The topological polar surface area (TPSA) is 76.1 Å². The van der Waals surface area contributed by atoms with Crippen LogP contribution in [0.5, 0.6) is 0 Å². The Balaban J connectivity index is 1.67. The van der Waals surface area contributed by atoms with E-state index in [9.17, 15) is 14.7 Å². The number of aliphatic hydroxyl groups excluding tert-OH is 1. The fraction of sp³-hybridized carbons (Fsp3) is 0.619. The molecule has 1 fully saturated rings. The van der Waals surface area contributed by atoms with E-state index in [2.05, 4.69) is 4.74 Å². The predicted molar refractivity (Wildman–Crippen MR) is 107 cm³/mol. The Morgan fingerprint density at radius 3 is 2.96 bits per heavy atom. The summed E-state index contributed by atoms with van der Waals surface area (Å²) in [6, 6.07) is 7.73. The molecule has 2 rings (SSSR count). The Morgan fingerprint density at radius 2 is 2.21 bits per heavy atom. The summed E-state index contributed by atoms with van der Waals surface area (Å²) >= 11 is 5.99. The lowest BCUT2D eigenvalue weighted by Gasteiger charge is -2.25. The standard InChI is InChI=1S/C21H30ClNO5/c1-27-21(26)15-28-12-3-2-11-23-18(8-10-20(23)25)7-9-19(24)14-16-5-4-6-17(22)13-16/h4-6,13,18-19,24H,2-3,7-12,14-15H2,1H3/t18-,19-/m0/s1. The molecule has 1 amide bonds. The van der Waals surface area contributed by atoms with Crippen LogP contribution in [-0.4, -0.2) is 60.9 Å². The van der Waals surface area contributed by atoms with Gasteiger partial charge in [0.05, 0.1) is 13.2 Å². The molecular weight excluding hydrogens is 382 g/mol. The maximum atomic E-state index is 12.2. The number of esters is 1. The smallest absolute Gasteiger partial charge is 0.331 e. The van der Waals surface area contributed by atoms with Gasteiger partial charge in [-0.25, -0.2) is 4.79 Å². The maximum absolute atomic E-state index is 12.2. The summed E-state index contributed by atoms with van der Waals surface area (Å²) in [5, 5.41) is 11.0. The van der Waals surface area contributed by atoms with E-state index in [4.69, 9.17) is 16.3 Å². The average Bonchev–Trinajstić information content (AvgIpc) is 3.02. The van der Waals surface area contributed by atoms with Gasteiger partial charge in [-0.3, -0.25) is 4.79 Å². The first kappa shape index (κ1) is 22.7. The van der Waals surface area contributed by atoms with Crippen molar-refractivity contribution < 1.29 is 24.2 Å². The van der Waals surface area contributed by atoms with Crippen LogP contribution in [0.2, 0.25) is 5.02 Å².